The Balaban J connectivity index is 1.42. The van der Waals surface area contributed by atoms with E-state index in [9.17, 15) is 9.90 Å². The van der Waals surface area contributed by atoms with Gasteiger partial charge in [-0.25, -0.2) is 0 Å². The van der Waals surface area contributed by atoms with Crippen molar-refractivity contribution in [3.05, 3.63) is 98.3 Å². The minimum absolute atomic E-state index is 0.0247. The van der Waals surface area contributed by atoms with Crippen LogP contribution < -0.4 is 14.8 Å². The lowest BCUT2D eigenvalue weighted by atomic mass is 9.82. The lowest BCUT2D eigenvalue weighted by molar-refractivity contribution is -0.146. The maximum absolute atomic E-state index is 14.9. The Hall–Kier alpha value is -2.77. The Morgan fingerprint density at radius 2 is 1.91 bits per heavy atom. The zero-order valence-electron chi connectivity index (χ0n) is 25.9. The second-order valence-corrected chi connectivity index (χ2v) is 18.9. The minimum atomic E-state index is -2.28. The number of carbonyl (C=O) groups excluding carboxylic acids is 1. The van der Waals surface area contributed by atoms with Gasteiger partial charge in [0, 0.05) is 45.8 Å². The number of methoxy groups -OCH3 is 1. The summed E-state index contributed by atoms with van der Waals surface area (Å²) in [5.41, 5.74) is 2.43. The molecule has 1 fully saturated rings. The normalized spacial score (nSPS) is 22.8. The van der Waals surface area contributed by atoms with Crippen LogP contribution in [0.15, 0.2) is 72.9 Å². The van der Waals surface area contributed by atoms with Crippen molar-refractivity contribution in [2.24, 2.45) is 5.92 Å². The Morgan fingerprint density at radius 3 is 2.62 bits per heavy atom. The van der Waals surface area contributed by atoms with Crippen LogP contribution in [0.2, 0.25) is 23.7 Å². The molecule has 1 amide bonds. The number of rotatable bonds is 10. The molecule has 0 radical (unpaired) electrons. The second-order valence-electron chi connectivity index (χ2n) is 12.6. The van der Waals surface area contributed by atoms with Crippen LogP contribution in [0.3, 0.4) is 0 Å². The van der Waals surface area contributed by atoms with E-state index in [0.29, 0.717) is 31.0 Å². The molecule has 2 aliphatic rings. The molecule has 1 saturated heterocycles. The van der Waals surface area contributed by atoms with Crippen molar-refractivity contribution >= 4 is 59.0 Å². The molecule has 11 heteroatoms. The average Bonchev–Trinajstić information content (AvgIpc) is 3.66. The Labute approximate surface area is 283 Å². The molecule has 6 rings (SSSR count). The van der Waals surface area contributed by atoms with Crippen LogP contribution in [0.1, 0.15) is 30.2 Å². The lowest BCUT2D eigenvalue weighted by Gasteiger charge is -2.37. The summed E-state index contributed by atoms with van der Waals surface area (Å²) in [6.07, 6.45) is 2.78. The number of benzene rings is 3. The van der Waals surface area contributed by atoms with E-state index in [1.165, 1.54) is 5.19 Å². The first-order valence-corrected chi connectivity index (χ1v) is 19.8. The highest BCUT2D eigenvalue weighted by molar-refractivity contribution is 14.1. The standard InChI is InChI=1S/C34H38ClIN4O4Si/c1-22-32(45(3,4)28-11-9-27(43-2)10-12-28)31(14-16-39-21-26(15-17-41)37-38-39)44-34(22)29-19-24(35)8-13-30(29)40(33(34)42)20-23-6-5-7-25(36)18-23/h5-13,18-19,21-22,31-32,41H,14-17,20H2,1-4H3/t22-,31+,32-,34+/m0/s1. The Kier molecular flexibility index (Phi) is 9.14. The number of aliphatic hydroxyl groups excluding tert-OH is 1. The number of aryl methyl sites for hydroxylation is 1. The predicted molar refractivity (Wildman–Crippen MR) is 187 cm³/mol. The molecule has 0 aliphatic carbocycles. The van der Waals surface area contributed by atoms with E-state index in [1.807, 2.05) is 52.2 Å². The van der Waals surface area contributed by atoms with Gasteiger partial charge < -0.3 is 19.5 Å². The van der Waals surface area contributed by atoms with E-state index in [0.717, 1.165) is 31.8 Å². The van der Waals surface area contributed by atoms with E-state index >= 15 is 0 Å². The summed E-state index contributed by atoms with van der Waals surface area (Å²) < 4.78 is 15.6. The highest BCUT2D eigenvalue weighted by Gasteiger charge is 2.66. The fourth-order valence-electron chi connectivity index (χ4n) is 7.47. The van der Waals surface area contributed by atoms with Gasteiger partial charge in [-0.1, -0.05) is 66.3 Å². The fraction of sp³-hybridized carbons (Fsp3) is 0.382. The summed E-state index contributed by atoms with van der Waals surface area (Å²) >= 11 is 8.95. The number of aromatic nitrogens is 3. The molecule has 8 nitrogen and oxygen atoms in total. The molecular formula is C34H38ClIN4O4Si. The van der Waals surface area contributed by atoms with E-state index in [-0.39, 0.29) is 30.1 Å². The number of anilines is 1. The van der Waals surface area contributed by atoms with Gasteiger partial charge in [0.15, 0.2) is 5.60 Å². The number of fused-ring (bicyclic) bond motifs is 2. The van der Waals surface area contributed by atoms with Crippen LogP contribution >= 0.6 is 34.2 Å². The Morgan fingerprint density at radius 1 is 1.13 bits per heavy atom. The first-order valence-electron chi connectivity index (χ1n) is 15.3. The third-order valence-corrected chi connectivity index (χ3v) is 14.9. The summed E-state index contributed by atoms with van der Waals surface area (Å²) in [6.45, 7) is 8.00. The van der Waals surface area contributed by atoms with E-state index in [1.54, 1.807) is 7.11 Å². The van der Waals surface area contributed by atoms with Crippen LogP contribution in [-0.4, -0.2) is 53.9 Å². The van der Waals surface area contributed by atoms with Crippen molar-refractivity contribution < 1.29 is 19.4 Å². The van der Waals surface area contributed by atoms with E-state index in [2.05, 4.69) is 83.3 Å². The number of ether oxygens (including phenoxy) is 2. The number of hydrogen-bond acceptors (Lipinski definition) is 6. The van der Waals surface area contributed by atoms with Crippen molar-refractivity contribution in [2.75, 3.05) is 18.6 Å². The molecule has 0 unspecified atom stereocenters. The van der Waals surface area contributed by atoms with Gasteiger partial charge in [0.05, 0.1) is 39.2 Å². The third kappa shape index (κ3) is 5.84. The van der Waals surface area contributed by atoms with Gasteiger partial charge in [0.1, 0.15) is 5.75 Å². The zero-order chi connectivity index (χ0) is 31.9. The third-order valence-electron chi connectivity index (χ3n) is 9.62. The highest BCUT2D eigenvalue weighted by atomic mass is 127. The molecule has 236 valence electrons. The second kappa shape index (κ2) is 12.8. The SMILES string of the molecule is COc1ccc([Si](C)(C)[C@@H]2[C@@H](CCn3cc(CCO)nn3)O[C@]3(C(=O)N(Cc4cccc(I)c4)c4ccc(Cl)cc43)[C@H]2C)cc1. The van der Waals surface area contributed by atoms with Gasteiger partial charge in [-0.3, -0.25) is 9.48 Å². The fourth-order valence-corrected chi connectivity index (χ4v) is 12.3. The smallest absolute Gasteiger partial charge is 0.264 e. The van der Waals surface area contributed by atoms with Crippen LogP contribution in [0.5, 0.6) is 5.75 Å². The molecular weight excluding hydrogens is 719 g/mol. The van der Waals surface area contributed by atoms with Gasteiger partial charge >= 0.3 is 0 Å². The summed E-state index contributed by atoms with van der Waals surface area (Å²) in [6, 6.07) is 22.4. The van der Waals surface area contributed by atoms with Gasteiger partial charge in [0.25, 0.3) is 5.91 Å². The van der Waals surface area contributed by atoms with Gasteiger partial charge in [-0.15, -0.1) is 5.10 Å². The van der Waals surface area contributed by atoms with Gasteiger partial charge in [0.2, 0.25) is 0 Å². The molecule has 1 aromatic heterocycles. The van der Waals surface area contributed by atoms with Crippen LogP contribution in [0.25, 0.3) is 0 Å². The van der Waals surface area contributed by atoms with Crippen molar-refractivity contribution in [1.29, 1.82) is 0 Å². The van der Waals surface area contributed by atoms with Crippen LogP contribution in [-0.2, 0) is 34.6 Å². The Bertz CT molecular complexity index is 1700. The first kappa shape index (κ1) is 32.2. The highest BCUT2D eigenvalue weighted by Crippen LogP contribution is 2.60. The molecule has 0 bridgehead atoms. The molecule has 4 aromatic rings. The lowest BCUT2D eigenvalue weighted by Crippen LogP contribution is -2.51. The summed E-state index contributed by atoms with van der Waals surface area (Å²) in [4.78, 5) is 16.8. The number of nitrogens with zero attached hydrogens (tertiary/aromatic N) is 4. The molecule has 1 spiro atoms. The molecule has 3 heterocycles. The van der Waals surface area contributed by atoms with Gasteiger partial charge in [-0.05, 0) is 82.6 Å². The predicted octanol–water partition coefficient (Wildman–Crippen LogP) is 5.93. The number of hydrogen-bond donors (Lipinski definition) is 1. The number of carbonyl (C=O) groups is 1. The van der Waals surface area contributed by atoms with Crippen molar-refractivity contribution in [1.82, 2.24) is 15.0 Å². The van der Waals surface area contributed by atoms with Gasteiger partial charge in [-0.2, -0.15) is 0 Å². The summed E-state index contributed by atoms with van der Waals surface area (Å²) in [5, 5.41) is 19.7. The molecule has 3 aromatic carbocycles. The maximum atomic E-state index is 14.9. The maximum Gasteiger partial charge on any atom is 0.264 e. The monoisotopic (exact) mass is 756 g/mol. The largest absolute Gasteiger partial charge is 0.497 e. The number of halogens is 2. The van der Waals surface area contributed by atoms with E-state index in [4.69, 9.17) is 21.1 Å². The zero-order valence-corrected chi connectivity index (χ0v) is 29.8. The molecule has 45 heavy (non-hydrogen) atoms. The van der Waals surface area contributed by atoms with Crippen molar-refractivity contribution in [2.45, 2.75) is 63.2 Å². The number of amides is 1. The van der Waals surface area contributed by atoms with Crippen LogP contribution in [0, 0.1) is 9.49 Å². The molecule has 4 atom stereocenters. The number of aliphatic hydroxyl groups is 1. The van der Waals surface area contributed by atoms with Crippen molar-refractivity contribution in [3.8, 4) is 5.75 Å². The van der Waals surface area contributed by atoms with Crippen molar-refractivity contribution in [3.63, 3.8) is 0 Å². The quantitative estimate of drug-likeness (QED) is 0.160. The minimum Gasteiger partial charge on any atom is -0.497 e. The first-order chi connectivity index (χ1) is 21.6. The van der Waals surface area contributed by atoms with Crippen LogP contribution in [0.4, 0.5) is 5.69 Å². The van der Waals surface area contributed by atoms with E-state index < -0.39 is 13.7 Å². The topological polar surface area (TPSA) is 89.7 Å². The molecule has 0 saturated carbocycles. The average molecular weight is 757 g/mol. The molecule has 2 aliphatic heterocycles. The summed E-state index contributed by atoms with van der Waals surface area (Å²) in [5.74, 6) is 0.652. The summed E-state index contributed by atoms with van der Waals surface area (Å²) in [7, 11) is -0.602. The molecule has 1 N–H and O–H groups in total.